The molecule has 0 aliphatic heterocycles. The summed E-state index contributed by atoms with van der Waals surface area (Å²) in [5.41, 5.74) is 0.715. The number of fused-ring (bicyclic) bond motifs is 1. The van der Waals surface area contributed by atoms with Gasteiger partial charge < -0.3 is 4.57 Å². The fourth-order valence-corrected chi connectivity index (χ4v) is 3.42. The summed E-state index contributed by atoms with van der Waals surface area (Å²) in [7, 11) is 0. The summed E-state index contributed by atoms with van der Waals surface area (Å²) >= 11 is 4.62. The lowest BCUT2D eigenvalue weighted by Crippen LogP contribution is -2.08. The Labute approximate surface area is 125 Å². The first kappa shape index (κ1) is 13.4. The number of imidazole rings is 1. The molecule has 0 aliphatic rings. The number of hydrogen-bond acceptors (Lipinski definition) is 3. The standard InChI is InChI=1S/C13H7BrF2N2OS/c14-7-1-2-20-13(7)12(19)5-18-6-17-10-3-8(15)9(16)4-11(10)18/h1-4,6H,5H2. The van der Waals surface area contributed by atoms with E-state index in [1.807, 2.05) is 0 Å². The summed E-state index contributed by atoms with van der Waals surface area (Å²) in [6.07, 6.45) is 1.41. The molecule has 3 nitrogen and oxygen atoms in total. The number of hydrogen-bond donors (Lipinski definition) is 0. The molecular formula is C13H7BrF2N2OS. The predicted octanol–water partition coefficient (Wildman–Crippen LogP) is 4.02. The maximum atomic E-state index is 13.3. The molecule has 7 heteroatoms. The fourth-order valence-electron chi connectivity index (χ4n) is 1.90. The summed E-state index contributed by atoms with van der Waals surface area (Å²) < 4.78 is 28.6. The van der Waals surface area contributed by atoms with Crippen LogP contribution in [0.5, 0.6) is 0 Å². The van der Waals surface area contributed by atoms with Crippen LogP contribution in [0.25, 0.3) is 11.0 Å². The van der Waals surface area contributed by atoms with Gasteiger partial charge in [0.2, 0.25) is 0 Å². The quantitative estimate of drug-likeness (QED) is 0.664. The van der Waals surface area contributed by atoms with Crippen LogP contribution >= 0.6 is 27.3 Å². The first-order chi connectivity index (χ1) is 9.56. The summed E-state index contributed by atoms with van der Waals surface area (Å²) in [5.74, 6) is -2.02. The van der Waals surface area contributed by atoms with Gasteiger partial charge in [-0.3, -0.25) is 4.79 Å². The molecule has 1 aromatic carbocycles. The normalized spacial score (nSPS) is 11.2. The molecule has 3 rings (SSSR count). The monoisotopic (exact) mass is 356 g/mol. The highest BCUT2D eigenvalue weighted by Crippen LogP contribution is 2.24. The lowest BCUT2D eigenvalue weighted by Gasteiger charge is -2.03. The van der Waals surface area contributed by atoms with E-state index in [1.165, 1.54) is 22.2 Å². The van der Waals surface area contributed by atoms with E-state index in [0.717, 1.165) is 16.6 Å². The lowest BCUT2D eigenvalue weighted by atomic mass is 10.2. The third kappa shape index (κ3) is 2.27. The van der Waals surface area contributed by atoms with Crippen LogP contribution in [-0.4, -0.2) is 15.3 Å². The Balaban J connectivity index is 1.97. The van der Waals surface area contributed by atoms with Gasteiger partial charge in [-0.25, -0.2) is 13.8 Å². The fraction of sp³-hybridized carbons (Fsp3) is 0.0769. The number of nitrogens with zero attached hydrogens (tertiary/aromatic N) is 2. The molecular weight excluding hydrogens is 350 g/mol. The number of carbonyl (C=O) groups is 1. The molecule has 102 valence electrons. The molecule has 2 heterocycles. The second-order valence-electron chi connectivity index (χ2n) is 4.15. The van der Waals surface area contributed by atoms with Crippen molar-refractivity contribution in [3.8, 4) is 0 Å². The summed E-state index contributed by atoms with van der Waals surface area (Å²) in [4.78, 5) is 16.7. The van der Waals surface area contributed by atoms with E-state index in [1.54, 1.807) is 11.4 Å². The van der Waals surface area contributed by atoms with Gasteiger partial charge in [0.15, 0.2) is 17.4 Å². The molecule has 0 atom stereocenters. The van der Waals surface area contributed by atoms with Gasteiger partial charge in [-0.1, -0.05) is 0 Å². The topological polar surface area (TPSA) is 34.9 Å². The number of Topliss-reactive ketones (excluding diaryl/α,β-unsaturated/α-hetero) is 1. The molecule has 0 amide bonds. The molecule has 3 aromatic rings. The highest BCUT2D eigenvalue weighted by molar-refractivity contribution is 9.10. The summed E-state index contributed by atoms with van der Waals surface area (Å²) in [6, 6.07) is 3.86. The van der Waals surface area contributed by atoms with Crippen molar-refractivity contribution in [1.82, 2.24) is 9.55 Å². The second-order valence-corrected chi connectivity index (χ2v) is 5.92. The van der Waals surface area contributed by atoms with Crippen molar-refractivity contribution in [1.29, 1.82) is 0 Å². The molecule has 2 aromatic heterocycles. The van der Waals surface area contributed by atoms with E-state index in [2.05, 4.69) is 20.9 Å². The number of benzene rings is 1. The van der Waals surface area contributed by atoms with Gasteiger partial charge in [0.05, 0.1) is 28.8 Å². The van der Waals surface area contributed by atoms with Crippen molar-refractivity contribution >= 4 is 44.1 Å². The Kier molecular flexibility index (Phi) is 3.39. The van der Waals surface area contributed by atoms with Crippen molar-refractivity contribution < 1.29 is 13.6 Å². The maximum Gasteiger partial charge on any atom is 0.193 e. The van der Waals surface area contributed by atoms with E-state index >= 15 is 0 Å². The minimum atomic E-state index is -0.955. The smallest absolute Gasteiger partial charge is 0.193 e. The van der Waals surface area contributed by atoms with Crippen molar-refractivity contribution in [2.45, 2.75) is 6.54 Å². The predicted molar refractivity (Wildman–Crippen MR) is 76.0 cm³/mol. The van der Waals surface area contributed by atoms with Gasteiger partial charge >= 0.3 is 0 Å². The Morgan fingerprint density at radius 1 is 1.35 bits per heavy atom. The molecule has 0 saturated carbocycles. The van der Waals surface area contributed by atoms with Gasteiger partial charge in [-0.15, -0.1) is 11.3 Å². The van der Waals surface area contributed by atoms with E-state index in [-0.39, 0.29) is 12.3 Å². The van der Waals surface area contributed by atoms with Crippen LogP contribution in [0.4, 0.5) is 8.78 Å². The Morgan fingerprint density at radius 3 is 2.80 bits per heavy atom. The van der Waals surface area contributed by atoms with Gasteiger partial charge in [-0.2, -0.15) is 0 Å². The zero-order valence-corrected chi connectivity index (χ0v) is 12.3. The average Bonchev–Trinajstić information content (AvgIpc) is 2.98. The number of thiophene rings is 1. The number of aromatic nitrogens is 2. The van der Waals surface area contributed by atoms with Crippen LogP contribution < -0.4 is 0 Å². The molecule has 0 bridgehead atoms. The van der Waals surface area contributed by atoms with Crippen molar-refractivity contribution in [2.24, 2.45) is 0 Å². The number of carbonyl (C=O) groups excluding carboxylic acids is 1. The third-order valence-corrected chi connectivity index (χ3v) is 4.73. The first-order valence-electron chi connectivity index (χ1n) is 5.62. The first-order valence-corrected chi connectivity index (χ1v) is 7.29. The Bertz CT molecular complexity index is 812. The molecule has 20 heavy (non-hydrogen) atoms. The zero-order valence-electron chi connectivity index (χ0n) is 9.94. The average molecular weight is 357 g/mol. The summed E-state index contributed by atoms with van der Waals surface area (Å²) in [5, 5.41) is 1.80. The van der Waals surface area contributed by atoms with Gasteiger partial charge in [0, 0.05) is 16.6 Å². The number of halogens is 3. The van der Waals surface area contributed by atoms with Gasteiger partial charge in [0.1, 0.15) is 0 Å². The SMILES string of the molecule is O=C(Cn1cnc2cc(F)c(F)cc21)c1sccc1Br. The Morgan fingerprint density at radius 2 is 2.10 bits per heavy atom. The molecule has 0 fully saturated rings. The van der Waals surface area contributed by atoms with Crippen molar-refractivity contribution in [2.75, 3.05) is 0 Å². The van der Waals surface area contributed by atoms with Crippen LogP contribution in [-0.2, 0) is 6.54 Å². The lowest BCUT2D eigenvalue weighted by molar-refractivity contribution is 0.0976. The van der Waals surface area contributed by atoms with Crippen molar-refractivity contribution in [3.05, 3.63) is 50.9 Å². The number of ketones is 1. The largest absolute Gasteiger partial charge is 0.323 e. The molecule has 0 saturated heterocycles. The van der Waals surface area contributed by atoms with Crippen LogP contribution in [0, 0.1) is 11.6 Å². The van der Waals surface area contributed by atoms with E-state index in [9.17, 15) is 13.6 Å². The van der Waals surface area contributed by atoms with Crippen LogP contribution in [0.3, 0.4) is 0 Å². The van der Waals surface area contributed by atoms with E-state index in [0.29, 0.717) is 15.9 Å². The minimum absolute atomic E-state index is 0.0285. The van der Waals surface area contributed by atoms with Crippen LogP contribution in [0.2, 0.25) is 0 Å². The number of rotatable bonds is 3. The zero-order chi connectivity index (χ0) is 14.3. The van der Waals surface area contributed by atoms with E-state index in [4.69, 9.17) is 0 Å². The summed E-state index contributed by atoms with van der Waals surface area (Å²) in [6.45, 7) is 0.0285. The van der Waals surface area contributed by atoms with Gasteiger partial charge in [0.25, 0.3) is 0 Å². The van der Waals surface area contributed by atoms with E-state index < -0.39 is 11.6 Å². The molecule has 0 aliphatic carbocycles. The van der Waals surface area contributed by atoms with Crippen LogP contribution in [0.1, 0.15) is 9.67 Å². The third-order valence-electron chi connectivity index (χ3n) is 2.85. The molecule has 0 unspecified atom stereocenters. The molecule has 0 N–H and O–H groups in total. The minimum Gasteiger partial charge on any atom is -0.323 e. The maximum absolute atomic E-state index is 13.3. The van der Waals surface area contributed by atoms with Crippen molar-refractivity contribution in [3.63, 3.8) is 0 Å². The Hall–Kier alpha value is -1.60. The second kappa shape index (κ2) is 5.06. The van der Waals surface area contributed by atoms with Crippen LogP contribution in [0.15, 0.2) is 34.4 Å². The molecule has 0 spiro atoms. The van der Waals surface area contributed by atoms with Gasteiger partial charge in [-0.05, 0) is 27.4 Å². The highest BCUT2D eigenvalue weighted by Gasteiger charge is 2.15. The molecule has 0 radical (unpaired) electrons. The highest BCUT2D eigenvalue weighted by atomic mass is 79.9.